The van der Waals surface area contributed by atoms with E-state index in [1.807, 2.05) is 12.1 Å². The Morgan fingerprint density at radius 2 is 1.82 bits per heavy atom. The summed E-state index contributed by atoms with van der Waals surface area (Å²) in [6, 6.07) is 7.22. The zero-order valence-electron chi connectivity index (χ0n) is 15.7. The number of benzene rings is 2. The summed E-state index contributed by atoms with van der Waals surface area (Å²) in [6.45, 7) is 0.351. The summed E-state index contributed by atoms with van der Waals surface area (Å²) in [5.74, 6) is 2.35. The van der Waals surface area contributed by atoms with Gasteiger partial charge in [-0.1, -0.05) is 0 Å². The van der Waals surface area contributed by atoms with E-state index in [1.54, 1.807) is 39.7 Å². The normalized spacial score (nSPS) is 22.5. The van der Waals surface area contributed by atoms with Gasteiger partial charge in [-0.2, -0.15) is 0 Å². The van der Waals surface area contributed by atoms with Crippen LogP contribution in [0.5, 0.6) is 28.7 Å². The average molecular weight is 384 g/mol. The zero-order chi connectivity index (χ0) is 19.4. The second-order valence-corrected chi connectivity index (χ2v) is 6.86. The molecule has 2 aliphatic heterocycles. The van der Waals surface area contributed by atoms with Crippen LogP contribution < -0.4 is 18.9 Å². The highest BCUT2D eigenvalue weighted by Crippen LogP contribution is 2.55. The lowest BCUT2D eigenvalue weighted by Gasteiger charge is -2.42. The number of hydrogen-bond donors (Lipinski definition) is 1. The number of rotatable bonds is 3. The maximum absolute atomic E-state index is 10.9. The van der Waals surface area contributed by atoms with Crippen molar-refractivity contribution in [3.8, 4) is 28.7 Å². The number of phenolic OH excluding ortho intramolecular Hbond substituents is 1. The lowest BCUT2D eigenvalue weighted by atomic mass is 9.80. The molecule has 3 atom stereocenters. The van der Waals surface area contributed by atoms with Crippen LogP contribution >= 0.6 is 0 Å². The van der Waals surface area contributed by atoms with E-state index in [1.165, 1.54) is 0 Å². The molecule has 0 fully saturated rings. The molecule has 3 unspecified atom stereocenters. The maximum Gasteiger partial charge on any atom is 0.164 e. The number of phenols is 1. The van der Waals surface area contributed by atoms with Gasteiger partial charge in [0, 0.05) is 24.8 Å². The van der Waals surface area contributed by atoms with Crippen molar-refractivity contribution in [2.45, 2.75) is 18.1 Å². The monoisotopic (exact) mass is 384 g/mol. The SMILES string of the molecule is COc1cc2c(cc1OC)C1C(CO2)Oc2cc3occc3c(O)c2C1OC. The van der Waals surface area contributed by atoms with Gasteiger partial charge < -0.3 is 33.2 Å². The fourth-order valence-electron chi connectivity index (χ4n) is 4.27. The number of fused-ring (bicyclic) bond motifs is 5. The summed E-state index contributed by atoms with van der Waals surface area (Å²) in [7, 11) is 4.81. The minimum Gasteiger partial charge on any atom is -0.507 e. The van der Waals surface area contributed by atoms with Gasteiger partial charge in [0.15, 0.2) is 11.5 Å². The molecule has 0 saturated carbocycles. The standard InChI is InChI=1S/C21H20O7/c1-23-14-6-11-13(7-15(14)24-2)27-9-17-18(11)21(25-3)19-16(28-17)8-12-10(20(19)22)4-5-26-12/h4-8,17-18,21-22H,9H2,1-3H3. The largest absolute Gasteiger partial charge is 0.507 e. The quantitative estimate of drug-likeness (QED) is 0.736. The summed E-state index contributed by atoms with van der Waals surface area (Å²) in [4.78, 5) is 0. The summed E-state index contributed by atoms with van der Waals surface area (Å²) < 4.78 is 34.3. The first kappa shape index (κ1) is 17.1. The van der Waals surface area contributed by atoms with Gasteiger partial charge in [0.05, 0.1) is 37.4 Å². The van der Waals surface area contributed by atoms with Crippen LogP contribution in [-0.2, 0) is 4.74 Å². The van der Waals surface area contributed by atoms with Crippen molar-refractivity contribution >= 4 is 11.0 Å². The highest BCUT2D eigenvalue weighted by atomic mass is 16.5. The Balaban J connectivity index is 1.70. The van der Waals surface area contributed by atoms with E-state index in [9.17, 15) is 5.11 Å². The van der Waals surface area contributed by atoms with Gasteiger partial charge >= 0.3 is 0 Å². The molecule has 7 heteroatoms. The Morgan fingerprint density at radius 3 is 2.57 bits per heavy atom. The van der Waals surface area contributed by atoms with Crippen molar-refractivity contribution in [1.29, 1.82) is 0 Å². The number of methoxy groups -OCH3 is 3. The molecule has 5 rings (SSSR count). The molecule has 1 aromatic heterocycles. The predicted molar refractivity (Wildman–Crippen MR) is 99.8 cm³/mol. The molecule has 0 aliphatic carbocycles. The molecule has 0 bridgehead atoms. The molecule has 146 valence electrons. The lowest BCUT2D eigenvalue weighted by Crippen LogP contribution is -2.42. The molecule has 0 saturated heterocycles. The Labute approximate surface area is 161 Å². The zero-order valence-corrected chi connectivity index (χ0v) is 15.7. The summed E-state index contributed by atoms with van der Waals surface area (Å²) >= 11 is 0. The van der Waals surface area contributed by atoms with Gasteiger partial charge in [0.1, 0.15) is 41.6 Å². The van der Waals surface area contributed by atoms with E-state index >= 15 is 0 Å². The Bertz CT molecular complexity index is 1050. The number of furan rings is 1. The first-order valence-electron chi connectivity index (χ1n) is 8.97. The molecule has 7 nitrogen and oxygen atoms in total. The van der Waals surface area contributed by atoms with Gasteiger partial charge in [-0.25, -0.2) is 0 Å². The molecule has 0 spiro atoms. The second-order valence-electron chi connectivity index (χ2n) is 6.86. The van der Waals surface area contributed by atoms with Crippen LogP contribution in [0.3, 0.4) is 0 Å². The Kier molecular flexibility index (Phi) is 3.80. The van der Waals surface area contributed by atoms with Crippen molar-refractivity contribution < 1.29 is 33.2 Å². The smallest absolute Gasteiger partial charge is 0.164 e. The maximum atomic E-state index is 10.9. The summed E-state index contributed by atoms with van der Waals surface area (Å²) in [5, 5.41) is 11.5. The minimum absolute atomic E-state index is 0.111. The van der Waals surface area contributed by atoms with E-state index < -0.39 is 6.10 Å². The van der Waals surface area contributed by atoms with Crippen LogP contribution in [0, 0.1) is 0 Å². The van der Waals surface area contributed by atoms with Gasteiger partial charge in [-0.3, -0.25) is 0 Å². The molecule has 1 N–H and O–H groups in total. The van der Waals surface area contributed by atoms with E-state index in [0.717, 1.165) is 5.56 Å². The van der Waals surface area contributed by atoms with E-state index in [0.29, 0.717) is 46.1 Å². The van der Waals surface area contributed by atoms with Crippen molar-refractivity contribution in [2.75, 3.05) is 27.9 Å². The van der Waals surface area contributed by atoms with Gasteiger partial charge in [0.2, 0.25) is 0 Å². The highest BCUT2D eigenvalue weighted by molar-refractivity contribution is 5.88. The third-order valence-electron chi connectivity index (χ3n) is 5.55. The van der Waals surface area contributed by atoms with Crippen LogP contribution in [0.4, 0.5) is 0 Å². The van der Waals surface area contributed by atoms with E-state index in [-0.39, 0.29) is 17.8 Å². The van der Waals surface area contributed by atoms with Crippen LogP contribution in [0.2, 0.25) is 0 Å². The molecule has 0 amide bonds. The number of hydrogen-bond acceptors (Lipinski definition) is 7. The molecule has 28 heavy (non-hydrogen) atoms. The highest BCUT2D eigenvalue weighted by Gasteiger charge is 2.46. The molecule has 2 aliphatic rings. The topological polar surface area (TPSA) is 79.5 Å². The van der Waals surface area contributed by atoms with E-state index in [4.69, 9.17) is 28.1 Å². The van der Waals surface area contributed by atoms with Crippen molar-refractivity contribution in [3.05, 3.63) is 41.7 Å². The fourth-order valence-corrected chi connectivity index (χ4v) is 4.27. The van der Waals surface area contributed by atoms with Crippen LogP contribution in [0.25, 0.3) is 11.0 Å². The van der Waals surface area contributed by atoms with Crippen LogP contribution in [-0.4, -0.2) is 39.1 Å². The Hall–Kier alpha value is -3.06. The third-order valence-corrected chi connectivity index (χ3v) is 5.55. The van der Waals surface area contributed by atoms with Crippen molar-refractivity contribution in [2.24, 2.45) is 0 Å². The van der Waals surface area contributed by atoms with E-state index in [2.05, 4.69) is 0 Å². The average Bonchev–Trinajstić information content (AvgIpc) is 3.19. The van der Waals surface area contributed by atoms with Gasteiger partial charge in [0.25, 0.3) is 0 Å². The summed E-state index contributed by atoms with van der Waals surface area (Å²) in [5.41, 5.74) is 2.06. The van der Waals surface area contributed by atoms with Gasteiger partial charge in [-0.05, 0) is 12.1 Å². The second kappa shape index (κ2) is 6.24. The van der Waals surface area contributed by atoms with Crippen LogP contribution in [0.15, 0.2) is 34.9 Å². The number of ether oxygens (including phenoxy) is 5. The first-order valence-corrected chi connectivity index (χ1v) is 8.97. The molecule has 3 heterocycles. The molecule has 3 aromatic rings. The van der Waals surface area contributed by atoms with Crippen molar-refractivity contribution in [3.63, 3.8) is 0 Å². The Morgan fingerprint density at radius 1 is 1.04 bits per heavy atom. The minimum atomic E-state index is -0.422. The van der Waals surface area contributed by atoms with Gasteiger partial charge in [-0.15, -0.1) is 0 Å². The lowest BCUT2D eigenvalue weighted by molar-refractivity contribution is -0.0213. The molecule has 2 aromatic carbocycles. The first-order chi connectivity index (χ1) is 13.7. The van der Waals surface area contributed by atoms with Crippen LogP contribution in [0.1, 0.15) is 23.1 Å². The molecular formula is C21H20O7. The van der Waals surface area contributed by atoms with Crippen molar-refractivity contribution in [1.82, 2.24) is 0 Å². The number of aromatic hydroxyl groups is 1. The fraction of sp³-hybridized carbons (Fsp3) is 0.333. The third kappa shape index (κ3) is 2.26. The summed E-state index contributed by atoms with van der Waals surface area (Å²) in [6.07, 6.45) is 0.837. The molecular weight excluding hydrogens is 364 g/mol. The molecule has 0 radical (unpaired) electrons. The predicted octanol–water partition coefficient (Wildman–Crippen LogP) is 3.78.